The highest BCUT2D eigenvalue weighted by Crippen LogP contribution is 2.34. The van der Waals surface area contributed by atoms with Gasteiger partial charge in [0.25, 0.3) is 0 Å². The van der Waals surface area contributed by atoms with Crippen LogP contribution in [-0.2, 0) is 46.4 Å². The van der Waals surface area contributed by atoms with Crippen LogP contribution < -0.4 is 54.0 Å². The molecule has 1 fully saturated rings. The smallest absolute Gasteiger partial charge is 0.243 e. The van der Waals surface area contributed by atoms with Crippen molar-refractivity contribution >= 4 is 79.6 Å². The number of carbonyl (C=O) groups excluding carboxylic acids is 7. The van der Waals surface area contributed by atoms with Crippen molar-refractivity contribution in [3.8, 4) is 0 Å². The van der Waals surface area contributed by atoms with E-state index in [1.807, 2.05) is 61.5 Å². The lowest BCUT2D eigenvalue weighted by Crippen LogP contribution is -2.61. The second-order valence-corrected chi connectivity index (χ2v) is 21.1. The normalized spacial score (nSPS) is 21.8. The van der Waals surface area contributed by atoms with Crippen LogP contribution in [0.1, 0.15) is 82.8 Å². The summed E-state index contributed by atoms with van der Waals surface area (Å²) in [5, 5.41) is 36.8. The highest BCUT2D eigenvalue weighted by Gasteiger charge is 2.35. The molecule has 1 saturated heterocycles. The van der Waals surface area contributed by atoms with Crippen molar-refractivity contribution in [3.63, 3.8) is 0 Å². The fourth-order valence-electron chi connectivity index (χ4n) is 8.71. The molecule has 3 aromatic carbocycles. The molecule has 5 rings (SSSR count). The molecule has 0 saturated carbocycles. The third kappa shape index (κ3) is 18.6. The summed E-state index contributed by atoms with van der Waals surface area (Å²) < 4.78 is 21.0. The van der Waals surface area contributed by atoms with Gasteiger partial charge in [0.05, 0.1) is 18.5 Å². The van der Waals surface area contributed by atoms with Crippen molar-refractivity contribution in [3.05, 3.63) is 84.1 Å². The summed E-state index contributed by atoms with van der Waals surface area (Å²) in [6.45, 7) is 3.57. The third-order valence-electron chi connectivity index (χ3n) is 12.6. The van der Waals surface area contributed by atoms with E-state index in [4.69, 9.17) is 11.5 Å². The molecule has 74 heavy (non-hydrogen) atoms. The standard InChI is InChI=1S/C51H74N12O10S/c1-4-5-19-38(58-31(2)64)46(67)63-43-29-44(65)54-23-10-11-24-55-45(66)41(28-34-30-57-37-20-9-8-18-36(34)37)61-47(68)39(21-13-25-56-51(52)53)59-49(70)42(27-33-16-12-15-32-14-6-7-17-35(32)33)62-48(69)40(60-50(43)71)22-26-74(3,72)73/h6-9,12,14-18,20,30,38-43,47,57,61,68,72-73H,4-5,10-11,13,19,21-29H2,1-3H3,(H,54,65)(H,55,66)(H,58,64)(H,59,70)(H,60,71)(H,62,69)(H,63,67)(H4,52,53,56)/t38-,39-,40-,41-,42+,43-,47?/m0/s1. The van der Waals surface area contributed by atoms with Crippen LogP contribution in [0.3, 0.4) is 0 Å². The Labute approximate surface area is 432 Å². The van der Waals surface area contributed by atoms with E-state index >= 15 is 0 Å². The molecule has 7 atom stereocenters. The first-order valence-electron chi connectivity index (χ1n) is 25.1. The van der Waals surface area contributed by atoms with Gasteiger partial charge < -0.3 is 58.8 Å². The van der Waals surface area contributed by atoms with Crippen LogP contribution in [0.15, 0.2) is 77.9 Å². The molecule has 22 nitrogen and oxygen atoms in total. The molecule has 404 valence electrons. The summed E-state index contributed by atoms with van der Waals surface area (Å²) in [6.07, 6.45) is 3.05. The molecule has 1 unspecified atom stereocenters. The maximum atomic E-state index is 14.9. The summed E-state index contributed by atoms with van der Waals surface area (Å²) in [5.74, 6) is -5.52. The predicted octanol–water partition coefficient (Wildman–Crippen LogP) is 1.26. The molecule has 0 radical (unpaired) electrons. The minimum atomic E-state index is -3.26. The molecule has 1 aromatic heterocycles. The van der Waals surface area contributed by atoms with Crippen LogP contribution in [0.4, 0.5) is 0 Å². The van der Waals surface area contributed by atoms with Crippen LogP contribution in [-0.4, -0.2) is 141 Å². The van der Waals surface area contributed by atoms with Gasteiger partial charge in [0.1, 0.15) is 30.4 Å². The Morgan fingerprint density at radius 3 is 2.16 bits per heavy atom. The average molecular weight is 1050 g/mol. The molecular weight excluding hydrogens is 973 g/mol. The minimum absolute atomic E-state index is 0.0835. The van der Waals surface area contributed by atoms with Gasteiger partial charge in [-0.05, 0) is 72.9 Å². The first-order chi connectivity index (χ1) is 35.3. The number of nitrogens with one attached hydrogen (secondary N) is 9. The Kier molecular flexibility index (Phi) is 22.5. The Hall–Kier alpha value is -6.79. The monoisotopic (exact) mass is 1050 g/mol. The van der Waals surface area contributed by atoms with Gasteiger partial charge in [0.2, 0.25) is 41.4 Å². The third-order valence-corrected chi connectivity index (χ3v) is 13.6. The first-order valence-corrected chi connectivity index (χ1v) is 27.2. The number of rotatable bonds is 17. The van der Waals surface area contributed by atoms with Crippen molar-refractivity contribution in [2.75, 3.05) is 31.6 Å². The number of aliphatic hydroxyl groups excluding tert-OH is 1. The molecule has 1 aliphatic heterocycles. The zero-order valence-electron chi connectivity index (χ0n) is 42.3. The first kappa shape index (κ1) is 58.1. The molecule has 16 N–H and O–H groups in total. The Morgan fingerprint density at radius 2 is 1.45 bits per heavy atom. The number of hydrogen-bond donors (Lipinski definition) is 14. The number of H-pyrrole nitrogens is 1. The number of nitrogens with zero attached hydrogens (tertiary/aromatic N) is 1. The van der Waals surface area contributed by atoms with Gasteiger partial charge in [0, 0.05) is 62.1 Å². The van der Waals surface area contributed by atoms with E-state index in [9.17, 15) is 47.8 Å². The van der Waals surface area contributed by atoms with Crippen molar-refractivity contribution in [1.29, 1.82) is 0 Å². The maximum Gasteiger partial charge on any atom is 0.243 e. The number of guanidine groups is 1. The topological polar surface area (TPSA) is 357 Å². The molecule has 7 amide bonds. The number of carbonyl (C=O) groups is 7. The van der Waals surface area contributed by atoms with Gasteiger partial charge in [-0.2, -0.15) is 10.6 Å². The highest BCUT2D eigenvalue weighted by molar-refractivity contribution is 8.23. The number of hydrogen-bond acceptors (Lipinski definition) is 12. The Balaban J connectivity index is 1.56. The Morgan fingerprint density at radius 1 is 0.784 bits per heavy atom. The largest absolute Gasteiger partial charge is 0.376 e. The number of para-hydroxylation sites is 1. The SMILES string of the molecule is CCCC[C@H](NC(C)=O)C(=O)N[C@H]1CC(=O)NCCCCNC(=O)[C@H](Cc2c[nH]c3ccccc23)NC(O)[C@H](CCCN=C(N)N)NC(=O)[C@@H](Cc2cccc3ccccc23)NC(=O)[C@H](CCS(C)(O)O)NC1=O. The van der Waals surface area contributed by atoms with Gasteiger partial charge >= 0.3 is 0 Å². The van der Waals surface area contributed by atoms with Crippen molar-refractivity contribution in [1.82, 2.24) is 47.5 Å². The fraction of sp³-hybridized carbons (Fsp3) is 0.490. The predicted molar refractivity (Wildman–Crippen MR) is 285 cm³/mol. The summed E-state index contributed by atoms with van der Waals surface area (Å²) >= 11 is 0. The van der Waals surface area contributed by atoms with E-state index in [1.54, 1.807) is 18.3 Å². The van der Waals surface area contributed by atoms with Crippen molar-refractivity contribution in [2.24, 2.45) is 16.5 Å². The minimum Gasteiger partial charge on any atom is -0.376 e. The van der Waals surface area contributed by atoms with Gasteiger partial charge in [0.15, 0.2) is 5.96 Å². The summed E-state index contributed by atoms with van der Waals surface area (Å²) in [6, 6.07) is 12.7. The van der Waals surface area contributed by atoms with Crippen LogP contribution in [0.5, 0.6) is 0 Å². The Bertz CT molecular complexity index is 2580. The summed E-state index contributed by atoms with van der Waals surface area (Å²) in [4.78, 5) is 105. The molecule has 4 aromatic rings. The number of aliphatic imine (C=N–C) groups is 1. The number of aliphatic hydroxyl groups is 1. The summed E-state index contributed by atoms with van der Waals surface area (Å²) in [5.41, 5.74) is 13.5. The molecule has 23 heteroatoms. The second kappa shape index (κ2) is 28.6. The zero-order chi connectivity index (χ0) is 53.8. The number of amides is 7. The molecule has 0 aliphatic carbocycles. The van der Waals surface area contributed by atoms with Crippen LogP contribution in [0.2, 0.25) is 0 Å². The lowest BCUT2D eigenvalue weighted by molar-refractivity contribution is -0.136. The second-order valence-electron chi connectivity index (χ2n) is 18.8. The quantitative estimate of drug-likeness (QED) is 0.0403. The number of fused-ring (bicyclic) bond motifs is 2. The van der Waals surface area contributed by atoms with Crippen LogP contribution >= 0.6 is 10.6 Å². The lowest BCUT2D eigenvalue weighted by atomic mass is 9.97. The average Bonchev–Trinajstić information content (AvgIpc) is 3.76. The molecular formula is C51H74N12O10S. The van der Waals surface area contributed by atoms with E-state index in [-0.39, 0.29) is 69.9 Å². The number of aromatic nitrogens is 1. The molecule has 1 aliphatic rings. The summed E-state index contributed by atoms with van der Waals surface area (Å²) in [7, 11) is -3.26. The molecule has 2 heterocycles. The number of nitrogens with two attached hydrogens (primary N) is 2. The highest BCUT2D eigenvalue weighted by atomic mass is 32.3. The van der Waals surface area contributed by atoms with E-state index in [0.717, 1.165) is 27.2 Å². The number of aromatic amines is 1. The number of unbranched alkanes of at least 4 members (excludes halogenated alkanes) is 1. The van der Waals surface area contributed by atoms with E-state index in [2.05, 4.69) is 52.5 Å². The van der Waals surface area contributed by atoms with E-state index in [1.165, 1.54) is 13.2 Å². The number of benzene rings is 3. The zero-order valence-corrected chi connectivity index (χ0v) is 43.1. The van der Waals surface area contributed by atoms with E-state index in [0.29, 0.717) is 31.2 Å². The van der Waals surface area contributed by atoms with Gasteiger partial charge in [-0.15, -0.1) is 0 Å². The lowest BCUT2D eigenvalue weighted by Gasteiger charge is -2.32. The molecule has 0 bridgehead atoms. The maximum absolute atomic E-state index is 14.9. The fourth-order valence-corrected chi connectivity index (χ4v) is 9.39. The van der Waals surface area contributed by atoms with Gasteiger partial charge in [-0.25, -0.2) is 0 Å². The van der Waals surface area contributed by atoms with Crippen molar-refractivity contribution < 1.29 is 47.8 Å². The van der Waals surface area contributed by atoms with Gasteiger partial charge in [-0.1, -0.05) is 80.4 Å². The van der Waals surface area contributed by atoms with Crippen LogP contribution in [0, 0.1) is 0 Å². The molecule has 0 spiro atoms. The van der Waals surface area contributed by atoms with Gasteiger partial charge in [-0.3, -0.25) is 53.0 Å². The van der Waals surface area contributed by atoms with E-state index < -0.39 is 101 Å². The van der Waals surface area contributed by atoms with Crippen LogP contribution in [0.25, 0.3) is 21.7 Å². The van der Waals surface area contributed by atoms with Crippen molar-refractivity contribution in [2.45, 2.75) is 127 Å².